The molecule has 0 bridgehead atoms. The van der Waals surface area contributed by atoms with Crippen LogP contribution in [0.2, 0.25) is 0 Å². The first-order valence-corrected chi connectivity index (χ1v) is 7.88. The highest BCUT2D eigenvalue weighted by Crippen LogP contribution is 2.19. The molecule has 0 spiro atoms. The highest BCUT2D eigenvalue weighted by atomic mass is 32.2. The van der Waals surface area contributed by atoms with Gasteiger partial charge in [-0.05, 0) is 26.0 Å². The molecule has 1 aromatic carbocycles. The molecule has 0 amide bonds. The molecule has 2 rings (SSSR count). The van der Waals surface area contributed by atoms with Gasteiger partial charge in [0, 0.05) is 30.6 Å². The Morgan fingerprint density at radius 1 is 1.47 bits per heavy atom. The van der Waals surface area contributed by atoms with Gasteiger partial charge in [0.15, 0.2) is 5.78 Å². The average Bonchev–Trinajstić information content (AvgIpc) is 2.41. The highest BCUT2D eigenvalue weighted by molar-refractivity contribution is 7.99. The molecule has 3 nitrogen and oxygen atoms in total. The van der Waals surface area contributed by atoms with Gasteiger partial charge in [-0.2, -0.15) is 11.8 Å². The van der Waals surface area contributed by atoms with E-state index in [0.717, 1.165) is 13.1 Å². The summed E-state index contributed by atoms with van der Waals surface area (Å²) in [6, 6.07) is 8.07. The minimum absolute atomic E-state index is 0.0540. The van der Waals surface area contributed by atoms with Gasteiger partial charge in [0.2, 0.25) is 0 Å². The third-order valence-electron chi connectivity index (χ3n) is 3.41. The van der Waals surface area contributed by atoms with Crippen LogP contribution in [0.5, 0.6) is 5.75 Å². The van der Waals surface area contributed by atoms with Gasteiger partial charge >= 0.3 is 0 Å². The van der Waals surface area contributed by atoms with Crippen LogP contribution in [0.4, 0.5) is 0 Å². The van der Waals surface area contributed by atoms with E-state index in [-0.39, 0.29) is 5.78 Å². The van der Waals surface area contributed by atoms with Crippen LogP contribution < -0.4 is 4.74 Å². The van der Waals surface area contributed by atoms with E-state index in [0.29, 0.717) is 24.0 Å². The van der Waals surface area contributed by atoms with Gasteiger partial charge in [0.05, 0.1) is 5.56 Å². The number of carbonyl (C=O) groups is 1. The van der Waals surface area contributed by atoms with Crippen LogP contribution in [-0.2, 0) is 0 Å². The smallest absolute Gasteiger partial charge is 0.163 e. The monoisotopic (exact) mass is 279 g/mol. The van der Waals surface area contributed by atoms with Crippen LogP contribution in [0.15, 0.2) is 24.3 Å². The lowest BCUT2D eigenvalue weighted by Gasteiger charge is -2.32. The molecule has 0 N–H and O–H groups in total. The van der Waals surface area contributed by atoms with Crippen molar-refractivity contribution in [3.05, 3.63) is 29.8 Å². The molecule has 1 atom stereocenters. The second-order valence-electron chi connectivity index (χ2n) is 4.86. The van der Waals surface area contributed by atoms with Crippen molar-refractivity contribution in [1.29, 1.82) is 0 Å². The Bertz CT molecular complexity index is 436. The zero-order chi connectivity index (χ0) is 13.7. The molecule has 1 aliphatic rings. The Morgan fingerprint density at radius 3 is 3.00 bits per heavy atom. The van der Waals surface area contributed by atoms with Crippen LogP contribution in [-0.4, -0.2) is 47.9 Å². The number of ether oxygens (including phenoxy) is 1. The van der Waals surface area contributed by atoms with Gasteiger partial charge in [-0.3, -0.25) is 9.69 Å². The molecule has 19 heavy (non-hydrogen) atoms. The molecule has 1 unspecified atom stereocenters. The first-order chi connectivity index (χ1) is 9.18. The van der Waals surface area contributed by atoms with Crippen molar-refractivity contribution in [3.63, 3.8) is 0 Å². The molecule has 1 aromatic rings. The van der Waals surface area contributed by atoms with Gasteiger partial charge in [-0.15, -0.1) is 0 Å². The summed E-state index contributed by atoms with van der Waals surface area (Å²) in [5.41, 5.74) is 0.671. The zero-order valence-electron chi connectivity index (χ0n) is 11.6. The van der Waals surface area contributed by atoms with E-state index >= 15 is 0 Å². The summed E-state index contributed by atoms with van der Waals surface area (Å²) in [5.74, 6) is 3.16. The predicted octanol–water partition coefficient (Wildman–Crippen LogP) is 2.71. The minimum atomic E-state index is 0.0540. The van der Waals surface area contributed by atoms with Gasteiger partial charge < -0.3 is 4.74 Å². The number of carbonyl (C=O) groups excluding carboxylic acids is 1. The molecule has 4 heteroatoms. The largest absolute Gasteiger partial charge is 0.491 e. The molecule has 1 saturated heterocycles. The van der Waals surface area contributed by atoms with E-state index in [2.05, 4.69) is 11.8 Å². The fourth-order valence-corrected chi connectivity index (χ4v) is 3.33. The van der Waals surface area contributed by atoms with E-state index in [9.17, 15) is 4.79 Å². The summed E-state index contributed by atoms with van der Waals surface area (Å²) >= 11 is 2.02. The molecule has 0 aromatic heterocycles. The lowest BCUT2D eigenvalue weighted by Crippen LogP contribution is -2.42. The summed E-state index contributed by atoms with van der Waals surface area (Å²) in [7, 11) is 0. The topological polar surface area (TPSA) is 29.5 Å². The number of thioether (sulfide) groups is 1. The summed E-state index contributed by atoms with van der Waals surface area (Å²) in [5, 5.41) is 0. The molecular formula is C15H21NO2S. The third kappa shape index (κ3) is 3.98. The number of ketones is 1. The Kier molecular flexibility index (Phi) is 5.28. The highest BCUT2D eigenvalue weighted by Gasteiger charge is 2.18. The Morgan fingerprint density at radius 2 is 2.26 bits per heavy atom. The van der Waals surface area contributed by atoms with E-state index < -0.39 is 0 Å². The molecular weight excluding hydrogens is 258 g/mol. The van der Waals surface area contributed by atoms with Crippen molar-refractivity contribution < 1.29 is 9.53 Å². The van der Waals surface area contributed by atoms with E-state index in [1.165, 1.54) is 11.5 Å². The second kappa shape index (κ2) is 6.96. The lowest BCUT2D eigenvalue weighted by atomic mass is 10.1. The third-order valence-corrected chi connectivity index (χ3v) is 4.60. The van der Waals surface area contributed by atoms with Crippen LogP contribution in [0.1, 0.15) is 24.2 Å². The standard InChI is InChI=1S/C15H21NO2S/c1-12-11-19-10-8-16(12)7-9-18-15-6-4-3-5-14(15)13(2)17/h3-6,12H,7-11H2,1-2H3. The fraction of sp³-hybridized carbons (Fsp3) is 0.533. The van der Waals surface area contributed by atoms with Gasteiger partial charge in [-0.1, -0.05) is 12.1 Å². The van der Waals surface area contributed by atoms with Gasteiger partial charge in [-0.25, -0.2) is 0 Å². The molecule has 0 aliphatic carbocycles. The maximum Gasteiger partial charge on any atom is 0.163 e. The van der Waals surface area contributed by atoms with Crippen molar-refractivity contribution in [3.8, 4) is 5.75 Å². The molecule has 1 heterocycles. The van der Waals surface area contributed by atoms with Crippen molar-refractivity contribution in [2.75, 3.05) is 31.2 Å². The average molecular weight is 279 g/mol. The summed E-state index contributed by atoms with van der Waals surface area (Å²) in [6.45, 7) is 6.53. The van der Waals surface area contributed by atoms with Crippen molar-refractivity contribution in [2.24, 2.45) is 0 Å². The number of rotatable bonds is 5. The zero-order valence-corrected chi connectivity index (χ0v) is 12.4. The molecule has 1 fully saturated rings. The first-order valence-electron chi connectivity index (χ1n) is 6.73. The quantitative estimate of drug-likeness (QED) is 0.775. The number of para-hydroxylation sites is 1. The Balaban J connectivity index is 1.87. The number of hydrogen-bond donors (Lipinski definition) is 0. The minimum Gasteiger partial charge on any atom is -0.491 e. The summed E-state index contributed by atoms with van der Waals surface area (Å²) < 4.78 is 5.78. The van der Waals surface area contributed by atoms with Gasteiger partial charge in [0.25, 0.3) is 0 Å². The Labute approximate surface area is 119 Å². The Hall–Kier alpha value is -1.00. The van der Waals surface area contributed by atoms with Crippen LogP contribution >= 0.6 is 11.8 Å². The first kappa shape index (κ1) is 14.4. The number of hydrogen-bond acceptors (Lipinski definition) is 4. The van der Waals surface area contributed by atoms with Crippen LogP contribution in [0.25, 0.3) is 0 Å². The SMILES string of the molecule is CC(=O)c1ccccc1OCCN1CCSCC1C. The van der Waals surface area contributed by atoms with Crippen LogP contribution in [0, 0.1) is 0 Å². The molecule has 0 saturated carbocycles. The van der Waals surface area contributed by atoms with E-state index in [1.807, 2.05) is 36.0 Å². The molecule has 0 radical (unpaired) electrons. The summed E-state index contributed by atoms with van der Waals surface area (Å²) in [4.78, 5) is 13.9. The second-order valence-corrected chi connectivity index (χ2v) is 6.01. The predicted molar refractivity (Wildman–Crippen MR) is 80.3 cm³/mol. The van der Waals surface area contributed by atoms with Crippen molar-refractivity contribution >= 4 is 17.5 Å². The molecule has 104 valence electrons. The number of Topliss-reactive ketones (excluding diaryl/α,β-unsaturated/α-hetero) is 1. The van der Waals surface area contributed by atoms with Crippen molar-refractivity contribution in [2.45, 2.75) is 19.9 Å². The van der Waals surface area contributed by atoms with Crippen LogP contribution in [0.3, 0.4) is 0 Å². The number of nitrogens with zero attached hydrogens (tertiary/aromatic N) is 1. The lowest BCUT2D eigenvalue weighted by molar-refractivity contribution is 0.101. The number of benzene rings is 1. The van der Waals surface area contributed by atoms with Crippen molar-refractivity contribution in [1.82, 2.24) is 4.90 Å². The van der Waals surface area contributed by atoms with E-state index in [1.54, 1.807) is 6.92 Å². The normalized spacial score (nSPS) is 20.2. The maximum absolute atomic E-state index is 11.5. The van der Waals surface area contributed by atoms with Gasteiger partial charge in [0.1, 0.15) is 12.4 Å². The van der Waals surface area contributed by atoms with E-state index in [4.69, 9.17) is 4.74 Å². The fourth-order valence-electron chi connectivity index (χ4n) is 2.25. The summed E-state index contributed by atoms with van der Waals surface area (Å²) in [6.07, 6.45) is 0. The maximum atomic E-state index is 11.5. The molecule has 1 aliphatic heterocycles.